The van der Waals surface area contributed by atoms with E-state index in [9.17, 15) is 5.11 Å². The van der Waals surface area contributed by atoms with E-state index in [-0.39, 0.29) is 0 Å². The van der Waals surface area contributed by atoms with Gasteiger partial charge in [-0.1, -0.05) is 15.9 Å². The number of benzene rings is 1. The number of rotatable bonds is 6. The van der Waals surface area contributed by atoms with E-state index in [1.165, 1.54) is 0 Å². The minimum absolute atomic E-state index is 0.319. The smallest absolute Gasteiger partial charge is 0.122 e. The van der Waals surface area contributed by atoms with Crippen molar-refractivity contribution in [2.45, 2.75) is 25.9 Å². The SMILES string of the molecule is CCOCC(C)(O)Cc1cc(Br)ccc1OC. The number of hydrogen-bond acceptors (Lipinski definition) is 3. The van der Waals surface area contributed by atoms with Crippen LogP contribution in [0.25, 0.3) is 0 Å². The first-order valence-corrected chi connectivity index (χ1v) is 6.40. The van der Waals surface area contributed by atoms with Gasteiger partial charge in [-0.25, -0.2) is 0 Å². The van der Waals surface area contributed by atoms with Crippen LogP contribution in [0.4, 0.5) is 0 Å². The number of aliphatic hydroxyl groups is 1. The summed E-state index contributed by atoms with van der Waals surface area (Å²) in [5.74, 6) is 0.782. The van der Waals surface area contributed by atoms with Crippen LogP contribution in [0.1, 0.15) is 19.4 Å². The molecule has 0 aliphatic heterocycles. The van der Waals surface area contributed by atoms with Crippen molar-refractivity contribution in [2.75, 3.05) is 20.3 Å². The lowest BCUT2D eigenvalue weighted by Crippen LogP contribution is -2.33. The fraction of sp³-hybridized carbons (Fsp3) is 0.538. The highest BCUT2D eigenvalue weighted by molar-refractivity contribution is 9.10. The van der Waals surface area contributed by atoms with Gasteiger partial charge in [0.1, 0.15) is 5.75 Å². The van der Waals surface area contributed by atoms with Gasteiger partial charge in [-0.15, -0.1) is 0 Å². The van der Waals surface area contributed by atoms with E-state index in [1.54, 1.807) is 14.0 Å². The van der Waals surface area contributed by atoms with Crippen molar-refractivity contribution in [1.29, 1.82) is 0 Å². The van der Waals surface area contributed by atoms with Crippen LogP contribution in [0.5, 0.6) is 5.75 Å². The lowest BCUT2D eigenvalue weighted by Gasteiger charge is -2.24. The average molecular weight is 303 g/mol. The molecule has 1 rings (SSSR count). The third kappa shape index (κ3) is 4.66. The van der Waals surface area contributed by atoms with Crippen molar-refractivity contribution in [3.05, 3.63) is 28.2 Å². The fourth-order valence-corrected chi connectivity index (χ4v) is 2.08. The largest absolute Gasteiger partial charge is 0.496 e. The molecule has 3 nitrogen and oxygen atoms in total. The summed E-state index contributed by atoms with van der Waals surface area (Å²) < 4.78 is 11.5. The van der Waals surface area contributed by atoms with Gasteiger partial charge in [0.15, 0.2) is 0 Å². The molecule has 1 unspecified atom stereocenters. The Morgan fingerprint density at radius 1 is 1.41 bits per heavy atom. The van der Waals surface area contributed by atoms with E-state index in [1.807, 2.05) is 25.1 Å². The second-order valence-electron chi connectivity index (χ2n) is 4.27. The van der Waals surface area contributed by atoms with Crippen molar-refractivity contribution in [3.63, 3.8) is 0 Å². The van der Waals surface area contributed by atoms with Crippen LogP contribution in [0, 0.1) is 0 Å². The van der Waals surface area contributed by atoms with Gasteiger partial charge in [0.25, 0.3) is 0 Å². The predicted octanol–water partition coefficient (Wildman–Crippen LogP) is 2.79. The first kappa shape index (κ1) is 14.5. The monoisotopic (exact) mass is 302 g/mol. The third-order valence-electron chi connectivity index (χ3n) is 2.43. The highest BCUT2D eigenvalue weighted by Gasteiger charge is 2.23. The highest BCUT2D eigenvalue weighted by atomic mass is 79.9. The van der Waals surface area contributed by atoms with E-state index < -0.39 is 5.60 Å². The Balaban J connectivity index is 2.82. The Hall–Kier alpha value is -0.580. The number of methoxy groups -OCH3 is 1. The zero-order valence-electron chi connectivity index (χ0n) is 10.5. The van der Waals surface area contributed by atoms with Gasteiger partial charge in [-0.3, -0.25) is 0 Å². The van der Waals surface area contributed by atoms with Gasteiger partial charge in [-0.2, -0.15) is 0 Å². The molecule has 0 aliphatic rings. The number of halogens is 1. The molecule has 0 bridgehead atoms. The lowest BCUT2D eigenvalue weighted by atomic mass is 9.97. The summed E-state index contributed by atoms with van der Waals surface area (Å²) in [6.45, 7) is 4.60. The molecule has 0 amide bonds. The Morgan fingerprint density at radius 2 is 2.12 bits per heavy atom. The quantitative estimate of drug-likeness (QED) is 0.878. The Bertz CT molecular complexity index is 364. The van der Waals surface area contributed by atoms with Crippen LogP contribution < -0.4 is 4.74 Å². The first-order chi connectivity index (χ1) is 7.98. The number of ether oxygens (including phenoxy) is 2. The van der Waals surface area contributed by atoms with E-state index >= 15 is 0 Å². The molecule has 1 atom stereocenters. The molecule has 0 fully saturated rings. The second-order valence-corrected chi connectivity index (χ2v) is 5.18. The molecule has 4 heteroatoms. The standard InChI is InChI=1S/C13H19BrO3/c1-4-17-9-13(2,15)8-10-7-11(14)5-6-12(10)16-3/h5-7,15H,4,8-9H2,1-3H3. The Morgan fingerprint density at radius 3 is 2.71 bits per heavy atom. The predicted molar refractivity (Wildman–Crippen MR) is 71.5 cm³/mol. The molecule has 0 saturated heterocycles. The average Bonchev–Trinajstić information content (AvgIpc) is 2.26. The maximum Gasteiger partial charge on any atom is 0.122 e. The van der Waals surface area contributed by atoms with E-state index in [0.29, 0.717) is 19.6 Å². The van der Waals surface area contributed by atoms with Crippen LogP contribution >= 0.6 is 15.9 Å². The molecule has 1 aromatic carbocycles. The summed E-state index contributed by atoms with van der Waals surface area (Å²) in [6, 6.07) is 5.76. The van der Waals surface area contributed by atoms with E-state index in [0.717, 1.165) is 15.8 Å². The molecule has 0 saturated carbocycles. The maximum atomic E-state index is 10.2. The number of hydrogen-bond donors (Lipinski definition) is 1. The molecule has 17 heavy (non-hydrogen) atoms. The summed E-state index contributed by atoms with van der Waals surface area (Å²) in [6.07, 6.45) is 0.496. The summed E-state index contributed by atoms with van der Waals surface area (Å²) in [5.41, 5.74) is 0.0796. The van der Waals surface area contributed by atoms with Crippen molar-refractivity contribution in [1.82, 2.24) is 0 Å². The van der Waals surface area contributed by atoms with Gasteiger partial charge in [0.05, 0.1) is 19.3 Å². The maximum absolute atomic E-state index is 10.2. The molecule has 1 N–H and O–H groups in total. The molecule has 0 heterocycles. The summed E-state index contributed by atoms with van der Waals surface area (Å²) in [5, 5.41) is 10.2. The van der Waals surface area contributed by atoms with Crippen LogP contribution in [0.3, 0.4) is 0 Å². The molecule has 96 valence electrons. The van der Waals surface area contributed by atoms with Crippen molar-refractivity contribution in [2.24, 2.45) is 0 Å². The molecular formula is C13H19BrO3. The van der Waals surface area contributed by atoms with Crippen molar-refractivity contribution < 1.29 is 14.6 Å². The molecular weight excluding hydrogens is 284 g/mol. The van der Waals surface area contributed by atoms with Crippen LogP contribution in [-0.4, -0.2) is 31.0 Å². The Kier molecular flexibility index (Phi) is 5.43. The topological polar surface area (TPSA) is 38.7 Å². The third-order valence-corrected chi connectivity index (χ3v) is 2.92. The molecule has 0 spiro atoms. The van der Waals surface area contributed by atoms with Gasteiger partial charge in [-0.05, 0) is 37.6 Å². The Labute approximate surface area is 111 Å². The van der Waals surface area contributed by atoms with E-state index in [2.05, 4.69) is 15.9 Å². The molecule has 1 aromatic rings. The van der Waals surface area contributed by atoms with E-state index in [4.69, 9.17) is 9.47 Å². The highest BCUT2D eigenvalue weighted by Crippen LogP contribution is 2.26. The minimum atomic E-state index is -0.885. The fourth-order valence-electron chi connectivity index (χ4n) is 1.67. The van der Waals surface area contributed by atoms with Gasteiger partial charge < -0.3 is 14.6 Å². The first-order valence-electron chi connectivity index (χ1n) is 5.61. The summed E-state index contributed by atoms with van der Waals surface area (Å²) >= 11 is 3.42. The van der Waals surface area contributed by atoms with Gasteiger partial charge >= 0.3 is 0 Å². The van der Waals surface area contributed by atoms with Crippen LogP contribution in [0.2, 0.25) is 0 Å². The molecule has 0 aromatic heterocycles. The van der Waals surface area contributed by atoms with Crippen LogP contribution in [0.15, 0.2) is 22.7 Å². The lowest BCUT2D eigenvalue weighted by molar-refractivity contribution is -0.0299. The molecule has 0 aliphatic carbocycles. The zero-order chi connectivity index (χ0) is 12.9. The summed E-state index contributed by atoms with van der Waals surface area (Å²) in [7, 11) is 1.63. The normalized spacial score (nSPS) is 14.4. The second kappa shape index (κ2) is 6.38. The van der Waals surface area contributed by atoms with Crippen molar-refractivity contribution in [3.8, 4) is 5.75 Å². The van der Waals surface area contributed by atoms with Crippen LogP contribution in [-0.2, 0) is 11.2 Å². The van der Waals surface area contributed by atoms with Crippen molar-refractivity contribution >= 4 is 15.9 Å². The van der Waals surface area contributed by atoms with Gasteiger partial charge in [0, 0.05) is 17.5 Å². The molecule has 0 radical (unpaired) electrons. The van der Waals surface area contributed by atoms with Gasteiger partial charge in [0.2, 0.25) is 0 Å². The zero-order valence-corrected chi connectivity index (χ0v) is 12.1. The summed E-state index contributed by atoms with van der Waals surface area (Å²) in [4.78, 5) is 0. The minimum Gasteiger partial charge on any atom is -0.496 e.